The molecule has 0 aromatic heterocycles. The van der Waals surface area contributed by atoms with Gasteiger partial charge in [0.25, 0.3) is 0 Å². The van der Waals surface area contributed by atoms with Gasteiger partial charge in [-0.1, -0.05) is 31.2 Å². The van der Waals surface area contributed by atoms with Gasteiger partial charge in [0.2, 0.25) is 22.7 Å². The number of fused-ring (bicyclic) bond motifs is 1. The molecule has 1 amide bonds. The lowest BCUT2D eigenvalue weighted by Crippen LogP contribution is -2.51. The number of sulfonamides is 1. The van der Waals surface area contributed by atoms with Gasteiger partial charge in [-0.05, 0) is 35.7 Å². The molecule has 172 valence electrons. The number of anilines is 1. The molecule has 9 heteroatoms. The second kappa shape index (κ2) is 9.38. The first kappa shape index (κ1) is 22.4. The Balaban J connectivity index is 1.37. The van der Waals surface area contributed by atoms with Gasteiger partial charge in [-0.3, -0.25) is 14.0 Å². The Bertz CT molecular complexity index is 1080. The minimum absolute atomic E-state index is 0.177. The topological polar surface area (TPSA) is 79.4 Å². The van der Waals surface area contributed by atoms with Crippen LogP contribution in [0.15, 0.2) is 42.5 Å². The highest BCUT2D eigenvalue weighted by molar-refractivity contribution is 7.92. The van der Waals surface area contributed by atoms with Gasteiger partial charge in [-0.2, -0.15) is 0 Å². The van der Waals surface area contributed by atoms with E-state index in [9.17, 15) is 13.2 Å². The van der Waals surface area contributed by atoms with Crippen LogP contribution in [0.25, 0.3) is 0 Å². The molecule has 1 saturated heterocycles. The Morgan fingerprint density at radius 1 is 1.03 bits per heavy atom. The van der Waals surface area contributed by atoms with Crippen molar-refractivity contribution in [3.05, 3.63) is 53.6 Å². The average molecular weight is 460 g/mol. The van der Waals surface area contributed by atoms with Gasteiger partial charge in [-0.15, -0.1) is 0 Å². The van der Waals surface area contributed by atoms with E-state index in [1.165, 1.54) is 4.31 Å². The summed E-state index contributed by atoms with van der Waals surface area (Å²) in [7, 11) is -3.59. The van der Waals surface area contributed by atoms with Crippen LogP contribution >= 0.6 is 0 Å². The van der Waals surface area contributed by atoms with Crippen molar-refractivity contribution in [3.8, 4) is 11.5 Å². The van der Waals surface area contributed by atoms with Crippen LogP contribution in [-0.4, -0.2) is 69.9 Å². The van der Waals surface area contributed by atoms with Crippen LogP contribution in [0.5, 0.6) is 11.5 Å². The molecule has 0 unspecified atom stereocenters. The van der Waals surface area contributed by atoms with Crippen molar-refractivity contribution in [3.63, 3.8) is 0 Å². The largest absolute Gasteiger partial charge is 0.454 e. The van der Waals surface area contributed by atoms with Crippen molar-refractivity contribution in [1.82, 2.24) is 9.80 Å². The zero-order valence-electron chi connectivity index (χ0n) is 18.5. The second-order valence-corrected chi connectivity index (χ2v) is 10.0. The molecule has 2 aliphatic rings. The molecule has 0 N–H and O–H groups in total. The summed E-state index contributed by atoms with van der Waals surface area (Å²) in [5.74, 6) is 1.36. The smallest absolute Gasteiger partial charge is 0.243 e. The normalized spacial score (nSPS) is 16.2. The van der Waals surface area contributed by atoms with Crippen LogP contribution in [0, 0.1) is 0 Å². The maximum Gasteiger partial charge on any atom is 0.243 e. The van der Waals surface area contributed by atoms with E-state index in [-0.39, 0.29) is 19.2 Å². The Morgan fingerprint density at radius 2 is 1.75 bits per heavy atom. The molecule has 2 aromatic carbocycles. The van der Waals surface area contributed by atoms with Crippen LogP contribution in [0.2, 0.25) is 0 Å². The second-order valence-electron chi connectivity index (χ2n) is 8.10. The molecule has 4 rings (SSSR count). The molecular weight excluding hydrogens is 430 g/mol. The lowest BCUT2D eigenvalue weighted by atomic mass is 10.1. The molecular formula is C23H29N3O5S. The van der Waals surface area contributed by atoms with Gasteiger partial charge in [0, 0.05) is 32.7 Å². The van der Waals surface area contributed by atoms with Crippen LogP contribution in [0.3, 0.4) is 0 Å². The summed E-state index contributed by atoms with van der Waals surface area (Å²) in [6, 6.07) is 13.3. The summed E-state index contributed by atoms with van der Waals surface area (Å²) in [5.41, 5.74) is 2.61. The number of benzene rings is 2. The molecule has 2 aliphatic heterocycles. The van der Waals surface area contributed by atoms with Crippen molar-refractivity contribution in [2.24, 2.45) is 0 Å². The SMILES string of the molecule is CCc1ccccc1N(CC(=O)N1CCN(Cc2ccc3c(c2)OCO3)CC1)S(C)(=O)=O. The summed E-state index contributed by atoms with van der Waals surface area (Å²) >= 11 is 0. The fourth-order valence-corrected chi connectivity index (χ4v) is 4.99. The maximum absolute atomic E-state index is 13.0. The van der Waals surface area contributed by atoms with E-state index in [0.29, 0.717) is 25.2 Å². The molecule has 1 fully saturated rings. The van der Waals surface area contributed by atoms with Gasteiger partial charge in [-0.25, -0.2) is 8.42 Å². The fraction of sp³-hybridized carbons (Fsp3) is 0.435. The molecule has 0 radical (unpaired) electrons. The Morgan fingerprint density at radius 3 is 2.47 bits per heavy atom. The first-order chi connectivity index (χ1) is 15.3. The number of hydrogen-bond donors (Lipinski definition) is 0. The molecule has 2 aromatic rings. The molecule has 2 heterocycles. The third-order valence-electron chi connectivity index (χ3n) is 5.89. The van der Waals surface area contributed by atoms with Crippen molar-refractivity contribution >= 4 is 21.6 Å². The molecule has 0 bridgehead atoms. The average Bonchev–Trinajstić information content (AvgIpc) is 3.25. The molecule has 0 spiro atoms. The van der Waals surface area contributed by atoms with Crippen molar-refractivity contribution in [1.29, 1.82) is 0 Å². The molecule has 0 atom stereocenters. The Hall–Kier alpha value is -2.78. The molecule has 0 aliphatic carbocycles. The number of piperazine rings is 1. The number of carbonyl (C=O) groups is 1. The summed E-state index contributed by atoms with van der Waals surface area (Å²) < 4.78 is 37.0. The summed E-state index contributed by atoms with van der Waals surface area (Å²) in [6.07, 6.45) is 1.84. The highest BCUT2D eigenvalue weighted by Crippen LogP contribution is 2.33. The molecule has 8 nitrogen and oxygen atoms in total. The van der Waals surface area contributed by atoms with Crippen molar-refractivity contribution < 1.29 is 22.7 Å². The Kier molecular flexibility index (Phi) is 6.57. The van der Waals surface area contributed by atoms with Crippen LogP contribution in [-0.2, 0) is 27.8 Å². The number of hydrogen-bond acceptors (Lipinski definition) is 6. The van der Waals surface area contributed by atoms with E-state index >= 15 is 0 Å². The Labute approximate surface area is 189 Å². The highest BCUT2D eigenvalue weighted by Gasteiger charge is 2.27. The zero-order valence-corrected chi connectivity index (χ0v) is 19.3. The number of carbonyl (C=O) groups excluding carboxylic acids is 1. The predicted molar refractivity (Wildman–Crippen MR) is 122 cm³/mol. The van der Waals surface area contributed by atoms with Crippen molar-refractivity contribution in [2.75, 3.05) is 50.1 Å². The van der Waals surface area contributed by atoms with E-state index in [0.717, 1.165) is 48.5 Å². The van der Waals surface area contributed by atoms with E-state index in [1.807, 2.05) is 37.3 Å². The van der Waals surface area contributed by atoms with E-state index in [2.05, 4.69) is 4.90 Å². The standard InChI is InChI=1S/C23H29N3O5S/c1-3-19-6-4-5-7-20(19)26(32(2,28)29)16-23(27)25-12-10-24(11-13-25)15-18-8-9-21-22(14-18)31-17-30-21/h4-9,14H,3,10-13,15-17H2,1-2H3. The number of ether oxygens (including phenoxy) is 2. The molecule has 0 saturated carbocycles. The predicted octanol–water partition coefficient (Wildman–Crippen LogP) is 2.09. The van der Waals surface area contributed by atoms with Crippen LogP contribution in [0.4, 0.5) is 5.69 Å². The maximum atomic E-state index is 13.0. The third kappa shape index (κ3) is 4.99. The van der Waals surface area contributed by atoms with Gasteiger partial charge in [0.15, 0.2) is 11.5 Å². The number of para-hydroxylation sites is 1. The van der Waals surface area contributed by atoms with Gasteiger partial charge in [0.1, 0.15) is 6.54 Å². The lowest BCUT2D eigenvalue weighted by Gasteiger charge is -2.36. The minimum atomic E-state index is -3.59. The summed E-state index contributed by atoms with van der Waals surface area (Å²) in [6.45, 7) is 5.39. The van der Waals surface area contributed by atoms with E-state index < -0.39 is 10.0 Å². The minimum Gasteiger partial charge on any atom is -0.454 e. The summed E-state index contributed by atoms with van der Waals surface area (Å²) in [4.78, 5) is 17.0. The fourth-order valence-electron chi connectivity index (χ4n) is 4.11. The van der Waals surface area contributed by atoms with E-state index in [4.69, 9.17) is 9.47 Å². The molecule has 32 heavy (non-hydrogen) atoms. The number of amides is 1. The lowest BCUT2D eigenvalue weighted by molar-refractivity contribution is -0.131. The number of rotatable bonds is 7. The number of nitrogens with zero attached hydrogens (tertiary/aromatic N) is 3. The quantitative estimate of drug-likeness (QED) is 0.631. The van der Waals surface area contributed by atoms with Crippen LogP contribution in [0.1, 0.15) is 18.1 Å². The summed E-state index contributed by atoms with van der Waals surface area (Å²) in [5, 5.41) is 0. The number of aryl methyl sites for hydroxylation is 1. The monoisotopic (exact) mass is 459 g/mol. The van der Waals surface area contributed by atoms with Crippen LogP contribution < -0.4 is 13.8 Å². The van der Waals surface area contributed by atoms with Gasteiger partial charge < -0.3 is 14.4 Å². The highest BCUT2D eigenvalue weighted by atomic mass is 32.2. The zero-order chi connectivity index (χ0) is 22.7. The van der Waals surface area contributed by atoms with Crippen molar-refractivity contribution in [2.45, 2.75) is 19.9 Å². The van der Waals surface area contributed by atoms with Gasteiger partial charge >= 0.3 is 0 Å². The third-order valence-corrected chi connectivity index (χ3v) is 7.02. The van der Waals surface area contributed by atoms with E-state index in [1.54, 1.807) is 17.0 Å². The first-order valence-corrected chi connectivity index (χ1v) is 12.6. The van der Waals surface area contributed by atoms with Gasteiger partial charge in [0.05, 0.1) is 11.9 Å². The first-order valence-electron chi connectivity index (χ1n) is 10.8.